The minimum atomic E-state index is -0.251. The molecule has 4 nitrogen and oxygen atoms in total. The molecule has 2 rings (SSSR count). The van der Waals surface area contributed by atoms with Crippen molar-refractivity contribution in [1.82, 2.24) is 10.2 Å². The highest BCUT2D eigenvalue weighted by molar-refractivity contribution is 6.16. The number of aromatic nitrogens is 2. The molecular formula is C11H11ClFN3O. The molecule has 17 heavy (non-hydrogen) atoms. The molecule has 90 valence electrons. The van der Waals surface area contributed by atoms with Crippen molar-refractivity contribution in [2.45, 2.75) is 12.4 Å². The second-order valence-corrected chi connectivity index (χ2v) is 3.86. The van der Waals surface area contributed by atoms with Gasteiger partial charge in [0.2, 0.25) is 5.89 Å². The molecule has 0 N–H and O–H groups in total. The van der Waals surface area contributed by atoms with E-state index in [1.54, 1.807) is 17.0 Å². The highest BCUT2D eigenvalue weighted by Crippen LogP contribution is 2.15. The molecule has 0 spiro atoms. The third-order valence-electron chi connectivity index (χ3n) is 2.23. The minimum Gasteiger partial charge on any atom is -0.407 e. The minimum absolute atomic E-state index is 0.192. The zero-order chi connectivity index (χ0) is 12.3. The van der Waals surface area contributed by atoms with Crippen LogP contribution in [-0.4, -0.2) is 17.2 Å². The van der Waals surface area contributed by atoms with Crippen LogP contribution >= 0.6 is 11.6 Å². The average Bonchev–Trinajstić information content (AvgIpc) is 2.81. The molecular weight excluding hydrogens is 245 g/mol. The fourth-order valence-corrected chi connectivity index (χ4v) is 1.49. The van der Waals surface area contributed by atoms with E-state index in [4.69, 9.17) is 16.0 Å². The van der Waals surface area contributed by atoms with Crippen molar-refractivity contribution in [2.24, 2.45) is 0 Å². The topological polar surface area (TPSA) is 42.2 Å². The van der Waals surface area contributed by atoms with Gasteiger partial charge < -0.3 is 9.32 Å². The zero-order valence-corrected chi connectivity index (χ0v) is 9.99. The smallest absolute Gasteiger partial charge is 0.318 e. The van der Waals surface area contributed by atoms with Gasteiger partial charge in [0, 0.05) is 13.6 Å². The Bertz CT molecular complexity index is 486. The summed E-state index contributed by atoms with van der Waals surface area (Å²) in [6.45, 7) is 0.560. The van der Waals surface area contributed by atoms with Crippen LogP contribution in [0.4, 0.5) is 10.4 Å². The van der Waals surface area contributed by atoms with E-state index in [-0.39, 0.29) is 11.7 Å². The first-order valence-electron chi connectivity index (χ1n) is 5.03. The number of nitrogens with zero attached hydrogens (tertiary/aromatic N) is 3. The maximum absolute atomic E-state index is 12.7. The van der Waals surface area contributed by atoms with E-state index in [0.717, 1.165) is 5.56 Å². The van der Waals surface area contributed by atoms with Crippen LogP contribution < -0.4 is 4.90 Å². The number of halogens is 2. The van der Waals surface area contributed by atoms with Gasteiger partial charge in [0.05, 0.1) is 0 Å². The molecule has 0 fully saturated rings. The maximum Gasteiger partial charge on any atom is 0.318 e. The average molecular weight is 256 g/mol. The van der Waals surface area contributed by atoms with Gasteiger partial charge in [-0.05, 0) is 17.7 Å². The molecule has 1 aromatic heterocycles. The van der Waals surface area contributed by atoms with Gasteiger partial charge in [-0.15, -0.1) is 16.7 Å². The summed E-state index contributed by atoms with van der Waals surface area (Å²) in [6.07, 6.45) is 0. The highest BCUT2D eigenvalue weighted by atomic mass is 35.5. The Hall–Kier alpha value is -1.62. The summed E-state index contributed by atoms with van der Waals surface area (Å²) < 4.78 is 18.0. The standard InChI is InChI=1S/C11H11ClFN3O/c1-16(11-15-14-10(6-12)17-11)7-8-2-4-9(13)5-3-8/h2-5H,6-7H2,1H3. The van der Waals surface area contributed by atoms with Gasteiger partial charge in [-0.3, -0.25) is 0 Å². The van der Waals surface area contributed by atoms with Crippen molar-refractivity contribution in [2.75, 3.05) is 11.9 Å². The molecule has 2 aromatic rings. The first-order valence-corrected chi connectivity index (χ1v) is 5.56. The largest absolute Gasteiger partial charge is 0.407 e. The molecule has 0 saturated carbocycles. The Labute approximate surface area is 103 Å². The Morgan fingerprint density at radius 1 is 1.29 bits per heavy atom. The number of benzene rings is 1. The number of rotatable bonds is 4. The lowest BCUT2D eigenvalue weighted by Gasteiger charge is -2.13. The number of anilines is 1. The Balaban J connectivity index is 2.05. The van der Waals surface area contributed by atoms with Crippen LogP contribution in [0.1, 0.15) is 11.5 Å². The molecule has 0 aliphatic carbocycles. The molecule has 1 heterocycles. The van der Waals surface area contributed by atoms with E-state index in [1.165, 1.54) is 12.1 Å². The lowest BCUT2D eigenvalue weighted by Crippen LogP contribution is -2.16. The van der Waals surface area contributed by atoms with E-state index < -0.39 is 0 Å². The van der Waals surface area contributed by atoms with Gasteiger partial charge in [-0.2, -0.15) is 0 Å². The summed E-state index contributed by atoms with van der Waals surface area (Å²) in [4.78, 5) is 1.77. The van der Waals surface area contributed by atoms with Crippen molar-refractivity contribution in [1.29, 1.82) is 0 Å². The number of alkyl halides is 1. The van der Waals surface area contributed by atoms with Crippen LogP contribution in [0.2, 0.25) is 0 Å². The molecule has 0 unspecified atom stereocenters. The van der Waals surface area contributed by atoms with E-state index in [9.17, 15) is 4.39 Å². The summed E-state index contributed by atoms with van der Waals surface area (Å²) in [5.74, 6) is 0.323. The summed E-state index contributed by atoms with van der Waals surface area (Å²) in [6, 6.07) is 6.66. The predicted octanol–water partition coefficient (Wildman–Crippen LogP) is 2.58. The Kier molecular flexibility index (Phi) is 3.58. The van der Waals surface area contributed by atoms with Gasteiger partial charge >= 0.3 is 6.01 Å². The lowest BCUT2D eigenvalue weighted by atomic mass is 10.2. The van der Waals surface area contributed by atoms with Gasteiger partial charge in [0.25, 0.3) is 0 Å². The van der Waals surface area contributed by atoms with Crippen molar-refractivity contribution >= 4 is 17.6 Å². The van der Waals surface area contributed by atoms with Crippen molar-refractivity contribution in [3.8, 4) is 0 Å². The van der Waals surface area contributed by atoms with Crippen molar-refractivity contribution < 1.29 is 8.81 Å². The highest BCUT2D eigenvalue weighted by Gasteiger charge is 2.10. The number of hydrogen-bond donors (Lipinski definition) is 0. The third kappa shape index (κ3) is 2.94. The fraction of sp³-hybridized carbons (Fsp3) is 0.273. The first-order chi connectivity index (χ1) is 8.19. The maximum atomic E-state index is 12.7. The summed E-state index contributed by atoms with van der Waals surface area (Å²) >= 11 is 5.57. The second kappa shape index (κ2) is 5.14. The molecule has 0 radical (unpaired) electrons. The van der Waals surface area contributed by atoms with Gasteiger partial charge in [-0.1, -0.05) is 17.2 Å². The molecule has 0 aliphatic rings. The van der Waals surface area contributed by atoms with Gasteiger partial charge in [0.15, 0.2) is 0 Å². The van der Waals surface area contributed by atoms with E-state index in [0.29, 0.717) is 18.5 Å². The monoisotopic (exact) mass is 255 g/mol. The van der Waals surface area contributed by atoms with Crippen LogP contribution in [0.25, 0.3) is 0 Å². The molecule has 0 atom stereocenters. The lowest BCUT2D eigenvalue weighted by molar-refractivity contribution is 0.506. The van der Waals surface area contributed by atoms with Crippen LogP contribution in [-0.2, 0) is 12.4 Å². The SMILES string of the molecule is CN(Cc1ccc(F)cc1)c1nnc(CCl)o1. The fourth-order valence-electron chi connectivity index (χ4n) is 1.38. The molecule has 0 saturated heterocycles. The predicted molar refractivity (Wildman–Crippen MR) is 62.4 cm³/mol. The molecule has 0 bridgehead atoms. The quantitative estimate of drug-likeness (QED) is 0.788. The van der Waals surface area contributed by atoms with Crippen molar-refractivity contribution in [3.63, 3.8) is 0 Å². The third-order valence-corrected chi connectivity index (χ3v) is 2.46. The van der Waals surface area contributed by atoms with E-state index in [2.05, 4.69) is 10.2 Å². The second-order valence-electron chi connectivity index (χ2n) is 3.59. The molecule has 1 aromatic carbocycles. The summed E-state index contributed by atoms with van der Waals surface area (Å²) in [5.41, 5.74) is 0.958. The van der Waals surface area contributed by atoms with Gasteiger partial charge in [0.1, 0.15) is 11.7 Å². The zero-order valence-electron chi connectivity index (χ0n) is 9.23. The Morgan fingerprint density at radius 2 is 2.00 bits per heavy atom. The van der Waals surface area contributed by atoms with Crippen LogP contribution in [0.3, 0.4) is 0 Å². The first kappa shape index (κ1) is 11.9. The van der Waals surface area contributed by atoms with E-state index >= 15 is 0 Å². The van der Waals surface area contributed by atoms with Crippen LogP contribution in [0, 0.1) is 5.82 Å². The van der Waals surface area contributed by atoms with Crippen LogP contribution in [0.15, 0.2) is 28.7 Å². The normalized spacial score (nSPS) is 10.5. The molecule has 0 aliphatic heterocycles. The molecule has 0 amide bonds. The van der Waals surface area contributed by atoms with Crippen LogP contribution in [0.5, 0.6) is 0 Å². The van der Waals surface area contributed by atoms with Gasteiger partial charge in [-0.25, -0.2) is 4.39 Å². The Morgan fingerprint density at radius 3 is 2.59 bits per heavy atom. The number of hydrogen-bond acceptors (Lipinski definition) is 4. The van der Waals surface area contributed by atoms with E-state index in [1.807, 2.05) is 7.05 Å². The van der Waals surface area contributed by atoms with Crippen molar-refractivity contribution in [3.05, 3.63) is 41.5 Å². The molecule has 6 heteroatoms. The summed E-state index contributed by atoms with van der Waals surface area (Å²) in [7, 11) is 1.81. The summed E-state index contributed by atoms with van der Waals surface area (Å²) in [5, 5.41) is 7.61.